The number of methoxy groups -OCH3 is 1. The molecule has 0 heterocycles. The normalized spacial score (nSPS) is 22.2. The van der Waals surface area contributed by atoms with E-state index in [1.165, 1.54) is 7.11 Å². The van der Waals surface area contributed by atoms with Gasteiger partial charge in [-0.25, -0.2) is 0 Å². The van der Waals surface area contributed by atoms with Gasteiger partial charge in [0.1, 0.15) is 5.75 Å². The van der Waals surface area contributed by atoms with Crippen LogP contribution in [0.4, 0.5) is 5.69 Å². The van der Waals surface area contributed by atoms with Gasteiger partial charge in [-0.2, -0.15) is 0 Å². The highest BCUT2D eigenvalue weighted by Crippen LogP contribution is 2.26. The van der Waals surface area contributed by atoms with Gasteiger partial charge in [0.25, 0.3) is 5.91 Å². The van der Waals surface area contributed by atoms with Crippen LogP contribution in [0.1, 0.15) is 29.6 Å². The Balaban J connectivity index is 2.00. The average Bonchev–Trinajstić information content (AvgIpc) is 2.82. The molecule has 1 aromatic carbocycles. The second-order valence-corrected chi connectivity index (χ2v) is 4.89. The quantitative estimate of drug-likeness (QED) is 0.713. The van der Waals surface area contributed by atoms with Crippen LogP contribution in [0.2, 0.25) is 0 Å². The number of amides is 1. The molecule has 0 bridgehead atoms. The Bertz CT molecular complexity index is 462. The molecule has 2 rings (SSSR count). The number of carbonyl (C=O) groups excluding carboxylic acids is 1. The van der Waals surface area contributed by atoms with Crippen molar-refractivity contribution in [3.63, 3.8) is 0 Å². The second kappa shape index (κ2) is 5.93. The summed E-state index contributed by atoms with van der Waals surface area (Å²) < 4.78 is 5.09. The molecule has 5 nitrogen and oxygen atoms in total. The molecule has 0 aliphatic heterocycles. The van der Waals surface area contributed by atoms with Crippen molar-refractivity contribution in [1.82, 2.24) is 5.32 Å². The molecule has 2 atom stereocenters. The van der Waals surface area contributed by atoms with Gasteiger partial charge < -0.3 is 20.9 Å². The van der Waals surface area contributed by atoms with Gasteiger partial charge in [-0.1, -0.05) is 12.5 Å². The first kappa shape index (κ1) is 13.7. The lowest BCUT2D eigenvalue weighted by Gasteiger charge is -2.16. The summed E-state index contributed by atoms with van der Waals surface area (Å²) in [4.78, 5) is 12.1. The highest BCUT2D eigenvalue weighted by Gasteiger charge is 2.25. The van der Waals surface area contributed by atoms with Crippen LogP contribution in [0.3, 0.4) is 0 Å². The predicted octanol–water partition coefficient (Wildman–Crippen LogP) is 1.17. The lowest BCUT2D eigenvalue weighted by molar-refractivity contribution is 0.0917. The first-order valence-electron chi connectivity index (χ1n) is 6.52. The average molecular weight is 264 g/mol. The maximum absolute atomic E-state index is 12.1. The molecule has 1 aliphatic rings. The molecule has 1 amide bonds. The summed E-state index contributed by atoms with van der Waals surface area (Å²) >= 11 is 0. The molecular weight excluding hydrogens is 244 g/mol. The molecule has 0 radical (unpaired) electrons. The largest absolute Gasteiger partial charge is 0.495 e. The van der Waals surface area contributed by atoms with Crippen LogP contribution in [0.25, 0.3) is 0 Å². The fourth-order valence-corrected chi connectivity index (χ4v) is 2.49. The number of nitrogens with two attached hydrogens (primary N) is 1. The first-order chi connectivity index (χ1) is 9.13. The molecule has 2 unspecified atom stereocenters. The fourth-order valence-electron chi connectivity index (χ4n) is 2.49. The zero-order chi connectivity index (χ0) is 13.8. The first-order valence-corrected chi connectivity index (χ1v) is 6.52. The van der Waals surface area contributed by atoms with E-state index in [2.05, 4.69) is 5.32 Å². The van der Waals surface area contributed by atoms with Crippen molar-refractivity contribution in [3.05, 3.63) is 23.8 Å². The van der Waals surface area contributed by atoms with E-state index in [0.717, 1.165) is 19.3 Å². The lowest BCUT2D eigenvalue weighted by atomic mass is 10.1. The van der Waals surface area contributed by atoms with Crippen LogP contribution >= 0.6 is 0 Å². The minimum absolute atomic E-state index is 0.149. The van der Waals surface area contributed by atoms with E-state index < -0.39 is 0 Å². The summed E-state index contributed by atoms with van der Waals surface area (Å²) in [5.74, 6) is 0.417. The van der Waals surface area contributed by atoms with E-state index >= 15 is 0 Å². The number of benzene rings is 1. The number of ether oxygens (including phenoxy) is 1. The summed E-state index contributed by atoms with van der Waals surface area (Å²) in [6.45, 7) is 0.483. The number of para-hydroxylation sites is 1. The lowest BCUT2D eigenvalue weighted by Crippen LogP contribution is -2.32. The number of nitrogen functional groups attached to an aromatic ring is 1. The summed E-state index contributed by atoms with van der Waals surface area (Å²) in [6, 6.07) is 5.11. The SMILES string of the molecule is COc1cccc(C(=O)NCC2CCCC2O)c1N. The molecule has 5 heteroatoms. The highest BCUT2D eigenvalue weighted by atomic mass is 16.5. The van der Waals surface area contributed by atoms with E-state index in [1.54, 1.807) is 18.2 Å². The third-order valence-corrected chi connectivity index (χ3v) is 3.67. The standard InChI is InChI=1S/C14H20N2O3/c1-19-12-7-3-5-10(13(12)15)14(18)16-8-9-4-2-6-11(9)17/h3,5,7,9,11,17H,2,4,6,8,15H2,1H3,(H,16,18). The summed E-state index contributed by atoms with van der Waals surface area (Å²) in [5, 5.41) is 12.5. The zero-order valence-corrected chi connectivity index (χ0v) is 11.1. The molecule has 1 fully saturated rings. The molecule has 1 saturated carbocycles. The van der Waals surface area contributed by atoms with Crippen LogP contribution in [0.15, 0.2) is 18.2 Å². The van der Waals surface area contributed by atoms with E-state index in [-0.39, 0.29) is 17.9 Å². The molecule has 19 heavy (non-hydrogen) atoms. The Morgan fingerprint density at radius 2 is 2.32 bits per heavy atom. The number of hydrogen-bond acceptors (Lipinski definition) is 4. The van der Waals surface area contributed by atoms with E-state index in [0.29, 0.717) is 23.5 Å². The van der Waals surface area contributed by atoms with Gasteiger partial charge in [0, 0.05) is 12.5 Å². The number of aliphatic hydroxyl groups excluding tert-OH is 1. The summed E-state index contributed by atoms with van der Waals surface area (Å²) in [6.07, 6.45) is 2.49. The Morgan fingerprint density at radius 1 is 1.53 bits per heavy atom. The minimum atomic E-state index is -0.303. The van der Waals surface area contributed by atoms with Crippen LogP contribution in [0.5, 0.6) is 5.75 Å². The number of hydrogen-bond donors (Lipinski definition) is 3. The third-order valence-electron chi connectivity index (χ3n) is 3.67. The molecule has 0 aromatic heterocycles. The molecule has 0 spiro atoms. The van der Waals surface area contributed by atoms with Crippen molar-refractivity contribution in [1.29, 1.82) is 0 Å². The molecule has 1 aromatic rings. The predicted molar refractivity (Wildman–Crippen MR) is 73.1 cm³/mol. The summed E-state index contributed by atoms with van der Waals surface area (Å²) in [7, 11) is 1.52. The van der Waals surface area contributed by atoms with Gasteiger partial charge in [-0.15, -0.1) is 0 Å². The van der Waals surface area contributed by atoms with Crippen LogP contribution in [-0.4, -0.2) is 30.8 Å². The number of aliphatic hydroxyl groups is 1. The fraction of sp³-hybridized carbons (Fsp3) is 0.500. The number of nitrogens with one attached hydrogen (secondary N) is 1. The molecule has 1 aliphatic carbocycles. The molecular formula is C14H20N2O3. The van der Waals surface area contributed by atoms with Crippen molar-refractivity contribution in [2.45, 2.75) is 25.4 Å². The number of anilines is 1. The van der Waals surface area contributed by atoms with E-state index in [1.807, 2.05) is 0 Å². The number of rotatable bonds is 4. The van der Waals surface area contributed by atoms with Gasteiger partial charge in [0.05, 0.1) is 24.5 Å². The van der Waals surface area contributed by atoms with Gasteiger partial charge in [0.2, 0.25) is 0 Å². The van der Waals surface area contributed by atoms with Crippen molar-refractivity contribution in [3.8, 4) is 5.75 Å². The van der Waals surface area contributed by atoms with Crippen LogP contribution in [-0.2, 0) is 0 Å². The van der Waals surface area contributed by atoms with Crippen LogP contribution in [0, 0.1) is 5.92 Å². The monoisotopic (exact) mass is 264 g/mol. The van der Waals surface area contributed by atoms with E-state index in [9.17, 15) is 9.90 Å². The molecule has 104 valence electrons. The Kier molecular flexibility index (Phi) is 4.27. The smallest absolute Gasteiger partial charge is 0.253 e. The second-order valence-electron chi connectivity index (χ2n) is 4.89. The van der Waals surface area contributed by atoms with Gasteiger partial charge in [0.15, 0.2) is 0 Å². The van der Waals surface area contributed by atoms with Crippen molar-refractivity contribution in [2.75, 3.05) is 19.4 Å². The molecule has 0 saturated heterocycles. The molecule has 4 N–H and O–H groups in total. The van der Waals surface area contributed by atoms with E-state index in [4.69, 9.17) is 10.5 Å². The summed E-state index contributed by atoms with van der Waals surface area (Å²) in [5.41, 5.74) is 6.62. The highest BCUT2D eigenvalue weighted by molar-refractivity contribution is 6.00. The Hall–Kier alpha value is -1.75. The Morgan fingerprint density at radius 3 is 2.95 bits per heavy atom. The maximum Gasteiger partial charge on any atom is 0.253 e. The van der Waals surface area contributed by atoms with Gasteiger partial charge in [-0.3, -0.25) is 4.79 Å². The maximum atomic E-state index is 12.1. The third kappa shape index (κ3) is 2.98. The minimum Gasteiger partial charge on any atom is -0.495 e. The van der Waals surface area contributed by atoms with Gasteiger partial charge >= 0.3 is 0 Å². The van der Waals surface area contributed by atoms with Gasteiger partial charge in [-0.05, 0) is 25.0 Å². The number of carbonyl (C=O) groups is 1. The van der Waals surface area contributed by atoms with Crippen molar-refractivity contribution in [2.24, 2.45) is 5.92 Å². The zero-order valence-electron chi connectivity index (χ0n) is 11.1. The van der Waals surface area contributed by atoms with Crippen molar-refractivity contribution < 1.29 is 14.6 Å². The van der Waals surface area contributed by atoms with Crippen molar-refractivity contribution >= 4 is 11.6 Å². The van der Waals surface area contributed by atoms with Crippen LogP contribution < -0.4 is 15.8 Å². The Labute approximate surface area is 112 Å². The topological polar surface area (TPSA) is 84.6 Å².